The number of thiophene rings is 1. The van der Waals surface area contributed by atoms with Gasteiger partial charge in [0.25, 0.3) is 11.1 Å². The Kier molecular flexibility index (Phi) is 16.3. The van der Waals surface area contributed by atoms with Gasteiger partial charge in [0.2, 0.25) is 0 Å². The number of ether oxygens (including phenoxy) is 1. The molecule has 1 aliphatic heterocycles. The quantitative estimate of drug-likeness (QED) is 0.0883. The summed E-state index contributed by atoms with van der Waals surface area (Å²) in [7, 11) is 4.04. The molecule has 0 spiro atoms. The topological polar surface area (TPSA) is 125 Å². The SMILES string of the molecule is Cc1cc2cc(CN(Cc3ccco3)C(=S)NCCN(C)C)c(=O)[nH]c2cc1C.Cc1cc2cc(CN(Cc3cccs3)C(=S)NCCN3CCOCC3)c(=O)[nH]c2cc1C. The van der Waals surface area contributed by atoms with Crippen molar-refractivity contribution in [1.82, 2.24) is 40.2 Å². The van der Waals surface area contributed by atoms with Crippen LogP contribution in [0.4, 0.5) is 0 Å². The van der Waals surface area contributed by atoms with Crippen LogP contribution in [-0.4, -0.2) is 106 Å². The predicted octanol–water partition coefficient (Wildman–Crippen LogP) is 6.59. The maximum absolute atomic E-state index is 12.8. The summed E-state index contributed by atoms with van der Waals surface area (Å²) in [5.74, 6) is 0.797. The summed E-state index contributed by atoms with van der Waals surface area (Å²) in [4.78, 5) is 41.4. The molecule has 2 aromatic carbocycles. The van der Waals surface area contributed by atoms with E-state index in [-0.39, 0.29) is 11.1 Å². The summed E-state index contributed by atoms with van der Waals surface area (Å²) >= 11 is 13.1. The van der Waals surface area contributed by atoms with Gasteiger partial charge in [-0.1, -0.05) is 6.07 Å². The number of nitrogens with zero attached hydrogens (tertiary/aromatic N) is 4. The van der Waals surface area contributed by atoms with Gasteiger partial charge in [0.15, 0.2) is 10.2 Å². The van der Waals surface area contributed by atoms with Crippen LogP contribution < -0.4 is 21.8 Å². The number of aryl methyl sites for hydroxylation is 4. The molecular formula is C46H58N8O4S3. The molecule has 0 unspecified atom stereocenters. The Labute approximate surface area is 372 Å². The lowest BCUT2D eigenvalue weighted by Gasteiger charge is -2.29. The van der Waals surface area contributed by atoms with Gasteiger partial charge in [-0.2, -0.15) is 0 Å². The zero-order chi connectivity index (χ0) is 43.5. The largest absolute Gasteiger partial charge is 0.467 e. The highest BCUT2D eigenvalue weighted by Crippen LogP contribution is 2.21. The molecule has 4 N–H and O–H groups in total. The van der Waals surface area contributed by atoms with E-state index in [2.05, 4.69) is 79.7 Å². The minimum absolute atomic E-state index is 0.0620. The first kappa shape index (κ1) is 45.6. The number of rotatable bonds is 14. The molecule has 6 aromatic rings. The molecule has 12 nitrogen and oxygen atoms in total. The monoisotopic (exact) mass is 882 g/mol. The average molecular weight is 883 g/mol. The van der Waals surface area contributed by atoms with Gasteiger partial charge in [-0.25, -0.2) is 0 Å². The molecule has 0 bridgehead atoms. The molecule has 1 fully saturated rings. The summed E-state index contributed by atoms with van der Waals surface area (Å²) < 4.78 is 10.9. The summed E-state index contributed by atoms with van der Waals surface area (Å²) in [5.41, 5.74) is 7.70. The van der Waals surface area contributed by atoms with E-state index in [0.29, 0.717) is 42.0 Å². The molecule has 0 aliphatic carbocycles. The number of fused-ring (bicyclic) bond motifs is 2. The Morgan fingerprint density at radius 2 is 1.30 bits per heavy atom. The van der Waals surface area contributed by atoms with Gasteiger partial charge in [0.1, 0.15) is 5.76 Å². The van der Waals surface area contributed by atoms with E-state index < -0.39 is 0 Å². The fourth-order valence-corrected chi connectivity index (χ4v) is 8.21. The molecule has 7 rings (SSSR count). The van der Waals surface area contributed by atoms with Crippen LogP contribution in [0.3, 0.4) is 0 Å². The van der Waals surface area contributed by atoms with Crippen LogP contribution in [0.2, 0.25) is 0 Å². The Bertz CT molecular complexity index is 2510. The highest BCUT2D eigenvalue weighted by Gasteiger charge is 2.18. The van der Waals surface area contributed by atoms with Crippen molar-refractivity contribution in [1.29, 1.82) is 0 Å². The number of hydrogen-bond donors (Lipinski definition) is 4. The van der Waals surface area contributed by atoms with Crippen molar-refractivity contribution in [3.05, 3.63) is 137 Å². The molecule has 15 heteroatoms. The molecule has 5 heterocycles. The molecule has 1 aliphatic rings. The molecule has 4 aromatic heterocycles. The maximum atomic E-state index is 12.8. The average Bonchev–Trinajstić information content (AvgIpc) is 3.95. The number of nitrogens with one attached hydrogen (secondary N) is 4. The van der Waals surface area contributed by atoms with Crippen molar-refractivity contribution in [2.24, 2.45) is 0 Å². The molecule has 0 amide bonds. The van der Waals surface area contributed by atoms with E-state index in [9.17, 15) is 9.59 Å². The second-order valence-electron chi connectivity index (χ2n) is 15.9. The molecule has 0 atom stereocenters. The van der Waals surface area contributed by atoms with Gasteiger partial charge in [-0.05, 0) is 159 Å². The van der Waals surface area contributed by atoms with Gasteiger partial charge < -0.3 is 44.5 Å². The lowest BCUT2D eigenvalue weighted by atomic mass is 10.0. The van der Waals surface area contributed by atoms with Gasteiger partial charge in [0, 0.05) is 66.3 Å². The van der Waals surface area contributed by atoms with Crippen LogP contribution in [0.1, 0.15) is 44.0 Å². The Morgan fingerprint density at radius 3 is 1.82 bits per heavy atom. The molecule has 324 valence electrons. The number of aromatic nitrogens is 2. The third-order valence-electron chi connectivity index (χ3n) is 10.9. The minimum atomic E-state index is -0.0960. The number of thiocarbonyl (C=S) groups is 2. The fourth-order valence-electron chi connectivity index (χ4n) is 7.03. The van der Waals surface area contributed by atoms with Crippen LogP contribution in [0, 0.1) is 27.7 Å². The van der Waals surface area contributed by atoms with Crippen LogP contribution in [-0.2, 0) is 30.9 Å². The van der Waals surface area contributed by atoms with Crippen molar-refractivity contribution >= 4 is 67.8 Å². The van der Waals surface area contributed by atoms with Crippen molar-refractivity contribution in [3.63, 3.8) is 0 Å². The summed E-state index contributed by atoms with van der Waals surface area (Å²) in [6, 6.07) is 20.2. The van der Waals surface area contributed by atoms with Crippen molar-refractivity contribution in [3.8, 4) is 0 Å². The zero-order valence-corrected chi connectivity index (χ0v) is 38.5. The number of morpholine rings is 1. The van der Waals surface area contributed by atoms with Crippen LogP contribution in [0.5, 0.6) is 0 Å². The van der Waals surface area contributed by atoms with Crippen LogP contribution in [0.25, 0.3) is 21.8 Å². The van der Waals surface area contributed by atoms with Crippen molar-refractivity contribution in [2.45, 2.75) is 53.9 Å². The van der Waals surface area contributed by atoms with Crippen molar-refractivity contribution < 1.29 is 9.15 Å². The number of pyridine rings is 2. The first-order valence-corrected chi connectivity index (χ1v) is 22.3. The van der Waals surface area contributed by atoms with Gasteiger partial charge in [0.05, 0.1) is 45.7 Å². The standard InChI is InChI=1S/C24H30N4O2S2.C22H28N4O2S/c1-17-12-19-14-20(23(29)26-22(19)13-18(17)2)15-28(16-21-4-3-11-32-21)24(31)25-5-6-27-7-9-30-10-8-27;1-15-10-17-12-18(21(27)24-20(17)11-16(15)2)13-26(14-19-6-5-9-28-19)22(29)23-7-8-25(3)4/h3-4,11-14H,5-10,15-16H2,1-2H3,(H,25,31)(H,26,29);5-6,9-12H,7-8,13-14H2,1-4H3,(H,23,29)(H,24,27). The van der Waals surface area contributed by atoms with Gasteiger partial charge in [-0.15, -0.1) is 11.3 Å². The maximum Gasteiger partial charge on any atom is 0.253 e. The normalized spacial score (nSPS) is 13.0. The summed E-state index contributed by atoms with van der Waals surface area (Å²) in [6.07, 6.45) is 1.64. The van der Waals surface area contributed by atoms with E-state index in [1.807, 2.05) is 68.4 Å². The first-order chi connectivity index (χ1) is 29.3. The Balaban J connectivity index is 0.000000205. The highest BCUT2D eigenvalue weighted by atomic mass is 32.1. The molecule has 61 heavy (non-hydrogen) atoms. The van der Waals surface area contributed by atoms with E-state index >= 15 is 0 Å². The van der Waals surface area contributed by atoms with Crippen LogP contribution in [0.15, 0.2) is 86.3 Å². The third-order valence-corrected chi connectivity index (χ3v) is 12.5. The second kappa shape index (κ2) is 21.8. The molecule has 0 radical (unpaired) electrons. The van der Waals surface area contributed by atoms with E-state index in [4.69, 9.17) is 33.6 Å². The number of likely N-dealkylation sites (N-methyl/N-ethyl adjacent to an activating group) is 1. The second-order valence-corrected chi connectivity index (χ2v) is 17.7. The Hall–Kier alpha value is -4.90. The minimum Gasteiger partial charge on any atom is -0.467 e. The summed E-state index contributed by atoms with van der Waals surface area (Å²) in [6.45, 7) is 17.1. The highest BCUT2D eigenvalue weighted by molar-refractivity contribution is 7.80. The van der Waals surface area contributed by atoms with E-state index in [0.717, 1.165) is 91.2 Å². The Morgan fingerprint density at radius 1 is 0.738 bits per heavy atom. The first-order valence-electron chi connectivity index (χ1n) is 20.6. The van der Waals surface area contributed by atoms with Crippen LogP contribution >= 0.6 is 35.8 Å². The number of aromatic amines is 2. The van der Waals surface area contributed by atoms with E-state index in [1.165, 1.54) is 21.6 Å². The number of hydrogen-bond acceptors (Lipinski definition) is 9. The van der Waals surface area contributed by atoms with Crippen molar-refractivity contribution in [2.75, 3.05) is 66.6 Å². The summed E-state index contributed by atoms with van der Waals surface area (Å²) in [5, 5.41) is 12.1. The molecular weight excluding hydrogens is 825 g/mol. The van der Waals surface area contributed by atoms with Gasteiger partial charge >= 0.3 is 0 Å². The fraction of sp³-hybridized carbons (Fsp3) is 0.391. The van der Waals surface area contributed by atoms with E-state index in [1.54, 1.807) is 17.6 Å². The lowest BCUT2D eigenvalue weighted by molar-refractivity contribution is 0.0388. The zero-order valence-electron chi connectivity index (χ0n) is 36.1. The number of benzene rings is 2. The molecule has 1 saturated heterocycles. The predicted molar refractivity (Wildman–Crippen MR) is 257 cm³/mol. The smallest absolute Gasteiger partial charge is 0.253 e. The number of H-pyrrole nitrogens is 2. The third kappa shape index (κ3) is 13.1. The number of furan rings is 1. The molecule has 0 saturated carbocycles. The van der Waals surface area contributed by atoms with Gasteiger partial charge in [-0.3, -0.25) is 14.5 Å². The lowest BCUT2D eigenvalue weighted by Crippen LogP contribution is -2.45.